The number of carbonyl (C=O) groups is 2. The van der Waals surface area contributed by atoms with E-state index in [2.05, 4.69) is 50.3 Å². The van der Waals surface area contributed by atoms with Gasteiger partial charge in [0.15, 0.2) is 6.10 Å². The Labute approximate surface area is 371 Å². The molecular weight excluding hydrogens is 819 g/mol. The number of phosphoric acid groups is 1. The topological polar surface area (TPSA) is 222 Å². The van der Waals surface area contributed by atoms with Crippen molar-refractivity contribution in [3.8, 4) is 0 Å². The number of phosphoric ester groups is 1. The number of hydrogen-bond donors (Lipinski definition) is 6. The van der Waals surface area contributed by atoms with Crippen molar-refractivity contribution in [2.24, 2.45) is 0 Å². The van der Waals surface area contributed by atoms with Crippen LogP contribution >= 0.6 is 7.82 Å². The van der Waals surface area contributed by atoms with Gasteiger partial charge in [0.05, 0.1) is 18.8 Å². The van der Waals surface area contributed by atoms with Crippen LogP contribution in [0.4, 0.5) is 0 Å². The van der Waals surface area contributed by atoms with Gasteiger partial charge in [-0.3, -0.25) is 18.6 Å². The molecule has 1 aliphatic carbocycles. The van der Waals surface area contributed by atoms with Crippen LogP contribution in [0.15, 0.2) is 48.6 Å². The van der Waals surface area contributed by atoms with Crippen LogP contribution in [-0.2, 0) is 37.4 Å². The molecule has 0 aromatic rings. The first-order valence-electron chi connectivity index (χ1n) is 23.6. The second-order valence-corrected chi connectivity index (χ2v) is 18.0. The molecule has 2 rings (SSSR count). The van der Waals surface area contributed by atoms with Gasteiger partial charge in [-0.15, -0.1) is 0 Å². The molecule has 1 aliphatic heterocycles. The number of hydrogen-bond acceptors (Lipinski definition) is 13. The maximum Gasteiger partial charge on any atom is 0.472 e. The molecule has 15 heteroatoms. The van der Waals surface area contributed by atoms with Crippen LogP contribution in [0.1, 0.15) is 168 Å². The van der Waals surface area contributed by atoms with Crippen molar-refractivity contribution in [2.75, 3.05) is 13.2 Å². The molecule has 10 atom stereocenters. The summed E-state index contributed by atoms with van der Waals surface area (Å²) < 4.78 is 39.3. The van der Waals surface area contributed by atoms with Gasteiger partial charge in [-0.25, -0.2) is 4.57 Å². The Hall–Kier alpha value is -2.23. The van der Waals surface area contributed by atoms with E-state index in [-0.39, 0.29) is 25.0 Å². The lowest BCUT2D eigenvalue weighted by Gasteiger charge is -2.41. The normalized spacial score (nSPS) is 25.5. The molecule has 0 aromatic carbocycles. The predicted octanol–water partition coefficient (Wildman–Crippen LogP) is 8.16. The van der Waals surface area contributed by atoms with E-state index < -0.39 is 75.7 Å². The van der Waals surface area contributed by atoms with Crippen LogP contribution in [0.25, 0.3) is 0 Å². The zero-order valence-electron chi connectivity index (χ0n) is 37.6. The third-order valence-corrected chi connectivity index (χ3v) is 12.0. The van der Waals surface area contributed by atoms with E-state index in [0.717, 1.165) is 57.8 Å². The van der Waals surface area contributed by atoms with Crippen LogP contribution in [0, 0.1) is 0 Å². The largest absolute Gasteiger partial charge is 0.472 e. The molecule has 0 aromatic heterocycles. The smallest absolute Gasteiger partial charge is 0.462 e. The molecule has 1 heterocycles. The van der Waals surface area contributed by atoms with Gasteiger partial charge in [-0.05, 0) is 77.0 Å². The highest BCUT2D eigenvalue weighted by Gasteiger charge is 2.51. The maximum atomic E-state index is 12.8. The number of unbranched alkanes of at least 4 members (excludes halogenated alkanes) is 15. The first kappa shape index (κ1) is 55.9. The van der Waals surface area contributed by atoms with Crippen LogP contribution in [0.2, 0.25) is 0 Å². The van der Waals surface area contributed by atoms with Gasteiger partial charge in [0.1, 0.15) is 43.2 Å². The number of rotatable bonds is 37. The van der Waals surface area contributed by atoms with Crippen molar-refractivity contribution in [3.63, 3.8) is 0 Å². The van der Waals surface area contributed by atoms with E-state index in [1.807, 2.05) is 12.2 Å². The van der Waals surface area contributed by atoms with E-state index in [1.54, 1.807) is 0 Å². The predicted molar refractivity (Wildman–Crippen MR) is 239 cm³/mol. The summed E-state index contributed by atoms with van der Waals surface area (Å²) >= 11 is 0. The lowest BCUT2D eigenvalue weighted by atomic mass is 9.85. The van der Waals surface area contributed by atoms with Gasteiger partial charge in [-0.1, -0.05) is 127 Å². The highest BCUT2D eigenvalue weighted by molar-refractivity contribution is 7.47. The summed E-state index contributed by atoms with van der Waals surface area (Å²) in [6.45, 7) is 3.19. The Morgan fingerprint density at radius 1 is 0.565 bits per heavy atom. The van der Waals surface area contributed by atoms with E-state index in [1.165, 1.54) is 64.2 Å². The second-order valence-electron chi connectivity index (χ2n) is 16.6. The Morgan fingerprint density at radius 3 is 1.65 bits per heavy atom. The molecule has 0 spiro atoms. The highest BCUT2D eigenvalue weighted by Crippen LogP contribution is 2.47. The van der Waals surface area contributed by atoms with Crippen molar-refractivity contribution in [3.05, 3.63) is 48.6 Å². The van der Waals surface area contributed by atoms with Gasteiger partial charge in [-0.2, -0.15) is 0 Å². The molecule has 0 bridgehead atoms. The molecule has 2 fully saturated rings. The number of allylic oxidation sites excluding steroid dienone is 6. The molecule has 1 saturated carbocycles. The zero-order chi connectivity index (χ0) is 45.4. The van der Waals surface area contributed by atoms with E-state index >= 15 is 0 Å². The monoisotopic (exact) mass is 901 g/mol. The molecule has 2 aliphatic rings. The first-order valence-corrected chi connectivity index (χ1v) is 25.1. The van der Waals surface area contributed by atoms with E-state index in [9.17, 15) is 44.6 Å². The second kappa shape index (κ2) is 34.2. The summed E-state index contributed by atoms with van der Waals surface area (Å²) in [7, 11) is -5.14. The summed E-state index contributed by atoms with van der Waals surface area (Å²) in [5.74, 6) is -1.18. The molecule has 1 saturated heterocycles. The summed E-state index contributed by atoms with van der Waals surface area (Å²) in [5.41, 5.74) is 0. The fourth-order valence-electron chi connectivity index (χ4n) is 7.08. The minimum atomic E-state index is -5.14. The fraction of sp³-hybridized carbons (Fsp3) is 0.787. The van der Waals surface area contributed by atoms with Gasteiger partial charge < -0.3 is 44.6 Å². The number of esters is 2. The van der Waals surface area contributed by atoms with E-state index in [0.29, 0.717) is 19.3 Å². The minimum Gasteiger partial charge on any atom is -0.462 e. The molecule has 5 unspecified atom stereocenters. The lowest BCUT2D eigenvalue weighted by Crippen LogP contribution is -2.64. The van der Waals surface area contributed by atoms with Crippen molar-refractivity contribution in [1.29, 1.82) is 0 Å². The Balaban J connectivity index is 1.74. The number of ether oxygens (including phenoxy) is 3. The highest BCUT2D eigenvalue weighted by atomic mass is 31.2. The van der Waals surface area contributed by atoms with Crippen molar-refractivity contribution >= 4 is 19.8 Å². The summed E-state index contributed by atoms with van der Waals surface area (Å²) in [4.78, 5) is 35.8. The van der Waals surface area contributed by atoms with Gasteiger partial charge in [0, 0.05) is 12.8 Å². The fourth-order valence-corrected chi connectivity index (χ4v) is 8.05. The van der Waals surface area contributed by atoms with Crippen LogP contribution in [-0.4, -0.2) is 111 Å². The summed E-state index contributed by atoms with van der Waals surface area (Å²) in [6.07, 6.45) is 27.6. The zero-order valence-corrected chi connectivity index (χ0v) is 38.5. The summed E-state index contributed by atoms with van der Waals surface area (Å²) in [6, 6.07) is 0. The Morgan fingerprint density at radius 2 is 1.02 bits per heavy atom. The Kier molecular flexibility index (Phi) is 30.8. The number of carbonyl (C=O) groups excluding carboxylic acids is 2. The third-order valence-electron chi connectivity index (χ3n) is 11.0. The van der Waals surface area contributed by atoms with Gasteiger partial charge in [0.25, 0.3) is 0 Å². The lowest BCUT2D eigenvalue weighted by molar-refractivity contribution is -0.220. The SMILES string of the molecule is CCCCC/C=C\C/C=C\CC1OC1C/C=C\CCCC(=O)O[C@H](COC(=O)CCCCCCCCC/C=C\CCCCCC)COP(=O)(O)OC1[C@H](O)[C@H](O)C(O)[C@H](O)[C@H]1O. The maximum absolute atomic E-state index is 12.8. The minimum absolute atomic E-state index is 0.0108. The van der Waals surface area contributed by atoms with Gasteiger partial charge in [0.2, 0.25) is 0 Å². The van der Waals surface area contributed by atoms with Crippen LogP contribution < -0.4 is 0 Å². The molecule has 6 N–H and O–H groups in total. The molecule has 358 valence electrons. The number of epoxide rings is 1. The average Bonchev–Trinajstić information content (AvgIpc) is 4.01. The quantitative estimate of drug-likeness (QED) is 0.0114. The third kappa shape index (κ3) is 25.9. The molecule has 14 nitrogen and oxygen atoms in total. The van der Waals surface area contributed by atoms with Gasteiger partial charge >= 0.3 is 19.8 Å². The van der Waals surface area contributed by atoms with Crippen LogP contribution in [0.3, 0.4) is 0 Å². The molecule has 62 heavy (non-hydrogen) atoms. The summed E-state index contributed by atoms with van der Waals surface area (Å²) in [5, 5.41) is 50.2. The number of aliphatic hydroxyl groups is 5. The van der Waals surface area contributed by atoms with Crippen molar-refractivity contribution < 1.29 is 67.8 Å². The van der Waals surface area contributed by atoms with Crippen LogP contribution in [0.5, 0.6) is 0 Å². The van der Waals surface area contributed by atoms with Crippen molar-refractivity contribution in [2.45, 2.75) is 223 Å². The standard InChI is InChI=1S/C47H81O14P/c1-3-5-7-9-11-13-14-15-16-17-18-20-22-24-29-33-40(48)57-35-37(36-58-62(55,56)61-47-45(53)43(51)42(50)44(52)46(47)54)59-41(49)34-30-26-25-28-32-39-38(60-39)31-27-23-21-19-12-10-8-6-4-2/h12-14,19,23,25,27-28,37-39,42-47,50-54H,3-11,15-18,20-22,24,26,29-36H2,1-2H3,(H,55,56)/b14-13-,19-12-,27-23-,28-25-/t37-,38?,39?,42?,43-,44+,45-,46-,47?/m1/s1. The number of aliphatic hydroxyl groups excluding tert-OH is 5. The molecule has 0 amide bonds. The first-order chi connectivity index (χ1) is 29.9. The van der Waals surface area contributed by atoms with E-state index in [4.69, 9.17) is 23.3 Å². The van der Waals surface area contributed by atoms with Crippen molar-refractivity contribution in [1.82, 2.24) is 0 Å². The molecular formula is C47H81O14P. The Bertz CT molecular complexity index is 1340. The average molecular weight is 901 g/mol. The molecule has 0 radical (unpaired) electrons.